The van der Waals surface area contributed by atoms with E-state index in [1.807, 2.05) is 0 Å². The maximum atomic E-state index is 11.1. The summed E-state index contributed by atoms with van der Waals surface area (Å²) in [5, 5.41) is 0.282. The molecule has 0 unspecified atom stereocenters. The van der Waals surface area contributed by atoms with Crippen molar-refractivity contribution in [1.82, 2.24) is 5.06 Å². The van der Waals surface area contributed by atoms with Crippen LogP contribution in [0.4, 0.5) is 4.79 Å². The second-order valence-corrected chi connectivity index (χ2v) is 5.66. The van der Waals surface area contributed by atoms with Crippen molar-refractivity contribution in [2.75, 3.05) is 0 Å². The number of carbonyl (C=O) groups excluding carboxylic acids is 3. The molecule has 0 aromatic rings. The first-order valence-electron chi connectivity index (χ1n) is 4.17. The van der Waals surface area contributed by atoms with Gasteiger partial charge in [0.1, 0.15) is 0 Å². The number of hydroxylamine groups is 2. The molecule has 96 valence electrons. The summed E-state index contributed by atoms with van der Waals surface area (Å²) < 4.78 is 2.28. The van der Waals surface area contributed by atoms with Crippen LogP contribution in [0.1, 0.15) is 12.8 Å². The predicted octanol–water partition coefficient (Wildman–Crippen LogP) is 2.14. The minimum absolute atomic E-state index is 0.0408. The summed E-state index contributed by atoms with van der Waals surface area (Å²) in [5.41, 5.74) is -1.62. The molecule has 0 aromatic carbocycles. The molecule has 0 radical (unpaired) electrons. The smallest absolute Gasteiger partial charge is 0.408 e. The van der Waals surface area contributed by atoms with Crippen LogP contribution in [0.2, 0.25) is 0 Å². The zero-order chi connectivity index (χ0) is 13.2. The highest BCUT2D eigenvalue weighted by Gasteiger charge is 2.38. The zero-order valence-corrected chi connectivity index (χ0v) is 11.0. The van der Waals surface area contributed by atoms with Crippen LogP contribution >= 0.6 is 46.4 Å². The van der Waals surface area contributed by atoms with Crippen molar-refractivity contribution >= 4 is 64.4 Å². The summed E-state index contributed by atoms with van der Waals surface area (Å²) in [6.45, 7) is 0. The fourth-order valence-corrected chi connectivity index (χ4v) is 1.11. The van der Waals surface area contributed by atoms with Crippen LogP contribution in [-0.4, -0.2) is 32.4 Å². The highest BCUT2D eigenvalue weighted by atomic mass is 35.6. The fourth-order valence-electron chi connectivity index (χ4n) is 0.905. The van der Waals surface area contributed by atoms with Gasteiger partial charge in [-0.25, -0.2) is 4.79 Å². The monoisotopic (exact) mass is 323 g/mol. The summed E-state index contributed by atoms with van der Waals surface area (Å²) in [6, 6.07) is 0. The van der Waals surface area contributed by atoms with Crippen LogP contribution in [0, 0.1) is 0 Å². The molecule has 17 heavy (non-hydrogen) atoms. The Bertz CT molecular complexity index is 339. The third-order valence-electron chi connectivity index (χ3n) is 1.63. The van der Waals surface area contributed by atoms with Gasteiger partial charge in [0, 0.05) is 12.8 Å². The molecule has 0 saturated carbocycles. The molecule has 0 spiro atoms. The van der Waals surface area contributed by atoms with E-state index in [4.69, 9.17) is 46.4 Å². The van der Waals surface area contributed by atoms with Gasteiger partial charge < -0.3 is 4.74 Å². The van der Waals surface area contributed by atoms with Crippen LogP contribution < -0.4 is 0 Å². The maximum Gasteiger partial charge on any atom is 0.535 e. The third-order valence-corrected chi connectivity index (χ3v) is 2.97. The third kappa shape index (κ3) is 4.06. The normalized spacial score (nSPS) is 18.2. The molecule has 1 aliphatic heterocycles. The number of halogens is 4. The zero-order valence-electron chi connectivity index (χ0n) is 7.99. The van der Waals surface area contributed by atoms with Crippen molar-refractivity contribution in [2.24, 2.45) is 0 Å². The molecule has 2 amide bonds. The van der Waals surface area contributed by atoms with E-state index >= 15 is 0 Å². The molecule has 0 bridgehead atoms. The highest BCUT2D eigenvalue weighted by molar-refractivity contribution is 6.70. The quantitative estimate of drug-likeness (QED) is 0.442. The second kappa shape index (κ2) is 5.48. The Balaban J connectivity index is 2.50. The number of nitrogens with zero attached hydrogens (tertiary/aromatic N) is 1. The molecule has 1 fully saturated rings. The van der Waals surface area contributed by atoms with Gasteiger partial charge in [-0.05, 0) is 0 Å². The van der Waals surface area contributed by atoms with E-state index in [1.165, 1.54) is 0 Å². The largest absolute Gasteiger partial charge is 0.535 e. The molecular formula is C7H5Cl4NO5. The van der Waals surface area contributed by atoms with Crippen LogP contribution in [0.3, 0.4) is 0 Å². The van der Waals surface area contributed by atoms with Crippen molar-refractivity contribution in [2.45, 2.75) is 22.2 Å². The van der Waals surface area contributed by atoms with E-state index < -0.39 is 27.3 Å². The topological polar surface area (TPSA) is 72.9 Å². The Morgan fingerprint density at radius 1 is 1.24 bits per heavy atom. The van der Waals surface area contributed by atoms with E-state index in [1.54, 1.807) is 0 Å². The SMILES string of the molecule is O=C(O[C@@H](Cl)C(Cl)(Cl)Cl)ON1C(=O)CCC1=O. The number of carbonyl (C=O) groups is 3. The molecule has 1 heterocycles. The van der Waals surface area contributed by atoms with Gasteiger partial charge in [0.05, 0.1) is 0 Å². The fraction of sp³-hybridized carbons (Fsp3) is 0.571. The van der Waals surface area contributed by atoms with Gasteiger partial charge in [0.25, 0.3) is 11.8 Å². The summed E-state index contributed by atoms with van der Waals surface area (Å²) in [7, 11) is 0. The summed E-state index contributed by atoms with van der Waals surface area (Å²) in [4.78, 5) is 37.5. The Morgan fingerprint density at radius 2 is 1.71 bits per heavy atom. The first kappa shape index (κ1) is 14.6. The minimum Gasteiger partial charge on any atom is -0.408 e. The van der Waals surface area contributed by atoms with E-state index in [9.17, 15) is 14.4 Å². The van der Waals surface area contributed by atoms with Gasteiger partial charge in [0.15, 0.2) is 0 Å². The molecule has 6 nitrogen and oxygen atoms in total. The average Bonchev–Trinajstić information content (AvgIpc) is 2.48. The molecule has 1 aliphatic rings. The highest BCUT2D eigenvalue weighted by Crippen LogP contribution is 2.34. The lowest BCUT2D eigenvalue weighted by atomic mass is 10.4. The molecule has 1 atom stereocenters. The number of ether oxygens (including phenoxy) is 1. The number of imide groups is 1. The van der Waals surface area contributed by atoms with E-state index in [0.717, 1.165) is 0 Å². The molecule has 0 aromatic heterocycles. The van der Waals surface area contributed by atoms with Gasteiger partial charge >= 0.3 is 6.16 Å². The molecule has 0 aliphatic carbocycles. The van der Waals surface area contributed by atoms with Gasteiger partial charge in [-0.15, -0.1) is 0 Å². The van der Waals surface area contributed by atoms with E-state index in [-0.39, 0.29) is 17.9 Å². The first-order valence-corrected chi connectivity index (χ1v) is 5.74. The van der Waals surface area contributed by atoms with Crippen molar-refractivity contribution in [3.63, 3.8) is 0 Å². The van der Waals surface area contributed by atoms with Gasteiger partial charge in [-0.3, -0.25) is 14.4 Å². The molecule has 1 saturated heterocycles. The second-order valence-electron chi connectivity index (χ2n) is 2.90. The number of alkyl halides is 4. The van der Waals surface area contributed by atoms with Gasteiger partial charge in [0.2, 0.25) is 9.36 Å². The Morgan fingerprint density at radius 3 is 2.12 bits per heavy atom. The Labute approximate surface area is 116 Å². The van der Waals surface area contributed by atoms with Crippen LogP contribution in [0.25, 0.3) is 0 Å². The average molecular weight is 325 g/mol. The maximum absolute atomic E-state index is 11.1. The lowest BCUT2D eigenvalue weighted by molar-refractivity contribution is -0.177. The first-order chi connectivity index (χ1) is 7.71. The lowest BCUT2D eigenvalue weighted by Crippen LogP contribution is -2.35. The van der Waals surface area contributed by atoms with Crippen molar-refractivity contribution < 1.29 is 24.0 Å². The van der Waals surface area contributed by atoms with Gasteiger partial charge in [-0.1, -0.05) is 51.5 Å². The van der Waals surface area contributed by atoms with E-state index in [2.05, 4.69) is 9.57 Å². The van der Waals surface area contributed by atoms with Crippen molar-refractivity contribution in [1.29, 1.82) is 0 Å². The standard InChI is InChI=1S/C7H5Cl4NO5/c8-5(7(9,10)11)16-6(15)17-12-3(13)1-2-4(12)14/h5H,1-2H2/t5-/m1/s1. The predicted molar refractivity (Wildman–Crippen MR) is 58.6 cm³/mol. The Hall–Kier alpha value is -0.430. The Kier molecular flexibility index (Phi) is 4.71. The van der Waals surface area contributed by atoms with Crippen LogP contribution in [0.5, 0.6) is 0 Å². The van der Waals surface area contributed by atoms with Crippen molar-refractivity contribution in [3.05, 3.63) is 0 Å². The van der Waals surface area contributed by atoms with Crippen molar-refractivity contribution in [3.8, 4) is 0 Å². The molecular weight excluding hydrogens is 320 g/mol. The summed E-state index contributed by atoms with van der Waals surface area (Å²) in [6.07, 6.45) is -1.50. The summed E-state index contributed by atoms with van der Waals surface area (Å²) >= 11 is 21.4. The number of rotatable bonds is 2. The van der Waals surface area contributed by atoms with Crippen LogP contribution in [0.15, 0.2) is 0 Å². The summed E-state index contributed by atoms with van der Waals surface area (Å²) in [5.74, 6) is -1.32. The van der Waals surface area contributed by atoms with Gasteiger partial charge in [-0.2, -0.15) is 0 Å². The minimum atomic E-state index is -2.06. The molecule has 0 N–H and O–H groups in total. The molecule has 1 rings (SSSR count). The lowest BCUT2D eigenvalue weighted by Gasteiger charge is -2.19. The number of hydrogen-bond donors (Lipinski definition) is 0. The number of hydrogen-bond acceptors (Lipinski definition) is 5. The molecule has 10 heteroatoms. The van der Waals surface area contributed by atoms with Crippen LogP contribution in [-0.2, 0) is 19.2 Å². The number of amides is 2. The van der Waals surface area contributed by atoms with E-state index in [0.29, 0.717) is 0 Å².